The van der Waals surface area contributed by atoms with E-state index < -0.39 is 0 Å². The van der Waals surface area contributed by atoms with Crippen molar-refractivity contribution in [3.63, 3.8) is 0 Å². The van der Waals surface area contributed by atoms with Crippen molar-refractivity contribution in [2.45, 2.75) is 70.1 Å². The average Bonchev–Trinajstić information content (AvgIpc) is 2.72. The van der Waals surface area contributed by atoms with Crippen molar-refractivity contribution in [2.24, 2.45) is 0 Å². The second kappa shape index (κ2) is 9.55. The summed E-state index contributed by atoms with van der Waals surface area (Å²) in [5.74, 6) is 0.397. The number of likely N-dealkylation sites (tertiary alicyclic amines) is 2. The van der Waals surface area contributed by atoms with E-state index in [0.717, 1.165) is 39.0 Å². The largest absolute Gasteiger partial charge is 0.342 e. The van der Waals surface area contributed by atoms with Crippen LogP contribution in [0.3, 0.4) is 0 Å². The summed E-state index contributed by atoms with van der Waals surface area (Å²) in [6.45, 7) is 7.48. The molecule has 0 aliphatic carbocycles. The van der Waals surface area contributed by atoms with Gasteiger partial charge in [-0.3, -0.25) is 4.79 Å². The summed E-state index contributed by atoms with van der Waals surface area (Å²) in [6, 6.07) is 10.6. The first-order chi connectivity index (χ1) is 12.8. The molecule has 0 N–H and O–H groups in total. The molecular weight excluding hydrogens is 320 g/mol. The Morgan fingerprint density at radius 1 is 0.923 bits per heavy atom. The average molecular weight is 357 g/mol. The van der Waals surface area contributed by atoms with Crippen LogP contribution in [0, 0.1) is 0 Å². The number of carbonyl (C=O) groups excluding carboxylic acids is 1. The lowest BCUT2D eigenvalue weighted by molar-refractivity contribution is -0.140. The lowest BCUT2D eigenvalue weighted by atomic mass is 9.71. The maximum Gasteiger partial charge on any atom is 0.233 e. The molecule has 3 rings (SSSR count). The number of unbranched alkanes of at least 4 members (excludes halogenated alkanes) is 3. The van der Waals surface area contributed by atoms with Crippen LogP contribution in [0.1, 0.15) is 70.3 Å². The third-order valence-corrected chi connectivity index (χ3v) is 6.42. The number of carbonyl (C=O) groups is 1. The van der Waals surface area contributed by atoms with E-state index in [9.17, 15) is 4.79 Å². The van der Waals surface area contributed by atoms with Crippen LogP contribution in [0.25, 0.3) is 0 Å². The van der Waals surface area contributed by atoms with Crippen molar-refractivity contribution < 1.29 is 4.79 Å². The van der Waals surface area contributed by atoms with Crippen molar-refractivity contribution in [1.29, 1.82) is 0 Å². The summed E-state index contributed by atoms with van der Waals surface area (Å²) in [4.78, 5) is 18.3. The van der Waals surface area contributed by atoms with Gasteiger partial charge in [-0.15, -0.1) is 0 Å². The van der Waals surface area contributed by atoms with Crippen molar-refractivity contribution in [2.75, 3.05) is 32.7 Å². The molecule has 144 valence electrons. The van der Waals surface area contributed by atoms with E-state index >= 15 is 0 Å². The molecule has 0 radical (unpaired) electrons. The van der Waals surface area contributed by atoms with Gasteiger partial charge in [0, 0.05) is 13.1 Å². The zero-order valence-corrected chi connectivity index (χ0v) is 16.6. The highest BCUT2D eigenvalue weighted by Gasteiger charge is 2.44. The minimum absolute atomic E-state index is 0.293. The smallest absolute Gasteiger partial charge is 0.233 e. The Bertz CT molecular complexity index is 543. The van der Waals surface area contributed by atoms with E-state index in [1.165, 1.54) is 57.1 Å². The van der Waals surface area contributed by atoms with E-state index in [1.54, 1.807) is 0 Å². The van der Waals surface area contributed by atoms with E-state index in [4.69, 9.17) is 0 Å². The predicted octanol–water partition coefficient (Wildman–Crippen LogP) is 4.61. The lowest BCUT2D eigenvalue weighted by Crippen LogP contribution is -2.54. The molecule has 1 aromatic rings. The number of hydrogen-bond acceptors (Lipinski definition) is 2. The molecule has 2 aliphatic heterocycles. The van der Waals surface area contributed by atoms with Gasteiger partial charge in [0.15, 0.2) is 0 Å². The van der Waals surface area contributed by atoms with Crippen LogP contribution >= 0.6 is 0 Å². The third-order valence-electron chi connectivity index (χ3n) is 6.42. The fourth-order valence-electron chi connectivity index (χ4n) is 4.70. The van der Waals surface area contributed by atoms with Gasteiger partial charge in [-0.1, -0.05) is 56.5 Å². The first-order valence-electron chi connectivity index (χ1n) is 10.8. The second-order valence-corrected chi connectivity index (χ2v) is 8.20. The summed E-state index contributed by atoms with van der Waals surface area (Å²) < 4.78 is 0. The molecule has 0 saturated carbocycles. The minimum Gasteiger partial charge on any atom is -0.342 e. The number of piperidine rings is 2. The topological polar surface area (TPSA) is 23.6 Å². The summed E-state index contributed by atoms with van der Waals surface area (Å²) >= 11 is 0. The molecule has 0 bridgehead atoms. The SMILES string of the molecule is CCCCCCN1CCC(C(=O)N2CCCCC2)(c2ccccc2)CC1. The number of rotatable bonds is 7. The van der Waals surface area contributed by atoms with Crippen LogP contribution in [0.2, 0.25) is 0 Å². The van der Waals surface area contributed by atoms with Gasteiger partial charge in [-0.05, 0) is 63.7 Å². The van der Waals surface area contributed by atoms with E-state index in [0.29, 0.717) is 5.91 Å². The van der Waals surface area contributed by atoms with Crippen LogP contribution < -0.4 is 0 Å². The fourth-order valence-corrected chi connectivity index (χ4v) is 4.70. The molecule has 1 amide bonds. The fraction of sp³-hybridized carbons (Fsp3) is 0.696. The molecule has 0 aromatic heterocycles. The molecule has 0 atom stereocenters. The summed E-state index contributed by atoms with van der Waals surface area (Å²) in [6.07, 6.45) is 10.8. The second-order valence-electron chi connectivity index (χ2n) is 8.20. The van der Waals surface area contributed by atoms with E-state index in [-0.39, 0.29) is 5.41 Å². The summed E-state index contributed by atoms with van der Waals surface area (Å²) in [5, 5.41) is 0. The Hall–Kier alpha value is -1.35. The molecule has 3 nitrogen and oxygen atoms in total. The Balaban J connectivity index is 1.69. The number of amides is 1. The molecule has 0 spiro atoms. The van der Waals surface area contributed by atoms with Gasteiger partial charge in [-0.2, -0.15) is 0 Å². The van der Waals surface area contributed by atoms with Crippen LogP contribution in [0.5, 0.6) is 0 Å². The highest BCUT2D eigenvalue weighted by atomic mass is 16.2. The molecule has 1 aromatic carbocycles. The van der Waals surface area contributed by atoms with Gasteiger partial charge in [0.25, 0.3) is 0 Å². The predicted molar refractivity (Wildman–Crippen MR) is 108 cm³/mol. The van der Waals surface area contributed by atoms with Crippen LogP contribution in [-0.4, -0.2) is 48.4 Å². The molecule has 2 heterocycles. The van der Waals surface area contributed by atoms with Crippen molar-refractivity contribution in [1.82, 2.24) is 9.80 Å². The van der Waals surface area contributed by atoms with Crippen LogP contribution in [0.15, 0.2) is 30.3 Å². The minimum atomic E-state index is -0.293. The zero-order chi connectivity index (χ0) is 18.2. The van der Waals surface area contributed by atoms with Gasteiger partial charge in [0.2, 0.25) is 5.91 Å². The highest BCUT2D eigenvalue weighted by Crippen LogP contribution is 2.38. The van der Waals surface area contributed by atoms with Gasteiger partial charge >= 0.3 is 0 Å². The van der Waals surface area contributed by atoms with Gasteiger partial charge in [-0.25, -0.2) is 0 Å². The molecule has 3 heteroatoms. The highest BCUT2D eigenvalue weighted by molar-refractivity contribution is 5.88. The van der Waals surface area contributed by atoms with Gasteiger partial charge in [0.1, 0.15) is 0 Å². The molecule has 2 fully saturated rings. The van der Waals surface area contributed by atoms with Gasteiger partial charge in [0.05, 0.1) is 5.41 Å². The Morgan fingerprint density at radius 2 is 1.62 bits per heavy atom. The molecule has 0 unspecified atom stereocenters. The maximum atomic E-state index is 13.6. The van der Waals surface area contributed by atoms with Gasteiger partial charge < -0.3 is 9.80 Å². The molecule has 26 heavy (non-hydrogen) atoms. The monoisotopic (exact) mass is 356 g/mol. The number of benzene rings is 1. The van der Waals surface area contributed by atoms with Crippen LogP contribution in [-0.2, 0) is 10.2 Å². The lowest BCUT2D eigenvalue weighted by Gasteiger charge is -2.44. The third kappa shape index (κ3) is 4.49. The normalized spacial score (nSPS) is 20.9. The maximum absolute atomic E-state index is 13.6. The Labute approximate surface area is 159 Å². The van der Waals surface area contributed by atoms with Crippen molar-refractivity contribution in [3.8, 4) is 0 Å². The summed E-state index contributed by atoms with van der Waals surface area (Å²) in [7, 11) is 0. The first kappa shape index (κ1) is 19.4. The standard InChI is InChI=1S/C23H36N2O/c1-2-3-4-9-16-24-19-14-23(15-20-24,21-12-7-5-8-13-21)22(26)25-17-10-6-11-18-25/h5,7-8,12-13H,2-4,6,9-11,14-20H2,1H3. The zero-order valence-electron chi connectivity index (χ0n) is 16.6. The van der Waals surface area contributed by atoms with E-state index in [1.807, 2.05) is 0 Å². The first-order valence-corrected chi connectivity index (χ1v) is 10.8. The molecule has 2 saturated heterocycles. The number of nitrogens with zero attached hydrogens (tertiary/aromatic N) is 2. The van der Waals surface area contributed by atoms with E-state index in [2.05, 4.69) is 47.1 Å². The summed E-state index contributed by atoms with van der Waals surface area (Å²) in [5.41, 5.74) is 0.944. The van der Waals surface area contributed by atoms with Crippen molar-refractivity contribution in [3.05, 3.63) is 35.9 Å². The molecular formula is C23H36N2O. The van der Waals surface area contributed by atoms with Crippen LogP contribution in [0.4, 0.5) is 0 Å². The number of hydrogen-bond donors (Lipinski definition) is 0. The Kier molecular flexibility index (Phi) is 7.13. The quantitative estimate of drug-likeness (QED) is 0.666. The Morgan fingerprint density at radius 3 is 2.27 bits per heavy atom. The van der Waals surface area contributed by atoms with Crippen molar-refractivity contribution >= 4 is 5.91 Å². The molecule has 2 aliphatic rings.